The van der Waals surface area contributed by atoms with E-state index in [1.165, 1.54) is 24.0 Å². The lowest BCUT2D eigenvalue weighted by molar-refractivity contribution is 0.478. The summed E-state index contributed by atoms with van der Waals surface area (Å²) in [6, 6.07) is 9.85. The zero-order valence-corrected chi connectivity index (χ0v) is 11.2. The SMILES string of the molecule is NC(=S)c1ncccc1Oc1ccc2c(c1)CCC2. The number of thiocarbonyl (C=S) groups is 1. The Kier molecular flexibility index (Phi) is 3.17. The quantitative estimate of drug-likeness (QED) is 0.871. The molecule has 3 rings (SSSR count). The van der Waals surface area contributed by atoms with Gasteiger partial charge in [0.05, 0.1) is 0 Å². The first-order chi connectivity index (χ1) is 9.24. The van der Waals surface area contributed by atoms with Crippen molar-refractivity contribution in [2.75, 3.05) is 0 Å². The van der Waals surface area contributed by atoms with Gasteiger partial charge in [-0.25, -0.2) is 4.98 Å². The first-order valence-electron chi connectivity index (χ1n) is 6.28. The van der Waals surface area contributed by atoms with Gasteiger partial charge in [0.25, 0.3) is 0 Å². The highest BCUT2D eigenvalue weighted by molar-refractivity contribution is 7.80. The molecular weight excluding hydrogens is 256 g/mol. The molecule has 3 nitrogen and oxygen atoms in total. The fourth-order valence-corrected chi connectivity index (χ4v) is 2.55. The Bertz CT molecular complexity index is 640. The fourth-order valence-electron chi connectivity index (χ4n) is 2.40. The summed E-state index contributed by atoms with van der Waals surface area (Å²) in [4.78, 5) is 4.40. The summed E-state index contributed by atoms with van der Waals surface area (Å²) in [5.74, 6) is 1.42. The lowest BCUT2D eigenvalue weighted by Gasteiger charge is -2.10. The molecule has 1 aromatic carbocycles. The van der Waals surface area contributed by atoms with Crippen molar-refractivity contribution in [2.45, 2.75) is 19.3 Å². The van der Waals surface area contributed by atoms with Crippen LogP contribution in [0.3, 0.4) is 0 Å². The maximum atomic E-state index is 5.87. The van der Waals surface area contributed by atoms with Crippen LogP contribution < -0.4 is 10.5 Å². The average molecular weight is 270 g/mol. The molecule has 0 atom stereocenters. The van der Waals surface area contributed by atoms with E-state index >= 15 is 0 Å². The summed E-state index contributed by atoms with van der Waals surface area (Å²) in [6.07, 6.45) is 5.18. The number of hydrogen-bond acceptors (Lipinski definition) is 3. The highest BCUT2D eigenvalue weighted by atomic mass is 32.1. The van der Waals surface area contributed by atoms with Crippen LogP contribution in [0.2, 0.25) is 0 Å². The molecule has 1 heterocycles. The predicted octanol–water partition coefficient (Wildman–Crippen LogP) is 3.00. The Morgan fingerprint density at radius 3 is 2.89 bits per heavy atom. The number of ether oxygens (including phenoxy) is 1. The molecule has 0 amide bonds. The Morgan fingerprint density at radius 2 is 2.05 bits per heavy atom. The highest BCUT2D eigenvalue weighted by Crippen LogP contribution is 2.29. The summed E-state index contributed by atoms with van der Waals surface area (Å²) in [5.41, 5.74) is 8.97. The zero-order valence-electron chi connectivity index (χ0n) is 10.4. The molecular formula is C15H14N2OS. The van der Waals surface area contributed by atoms with Crippen LogP contribution in [-0.4, -0.2) is 9.97 Å². The van der Waals surface area contributed by atoms with E-state index in [9.17, 15) is 0 Å². The van der Waals surface area contributed by atoms with Crippen molar-refractivity contribution in [1.82, 2.24) is 4.98 Å². The minimum absolute atomic E-state index is 0.247. The Balaban J connectivity index is 1.91. The van der Waals surface area contributed by atoms with Gasteiger partial charge < -0.3 is 10.5 Å². The smallest absolute Gasteiger partial charge is 0.156 e. The third-order valence-electron chi connectivity index (χ3n) is 3.30. The Hall–Kier alpha value is -1.94. The standard InChI is InChI=1S/C15H14N2OS/c16-15(19)14-13(5-2-8-17-14)18-12-7-6-10-3-1-4-11(10)9-12/h2,5-9H,1,3-4H2,(H2,16,19). The van der Waals surface area contributed by atoms with Gasteiger partial charge in [-0.15, -0.1) is 0 Å². The van der Waals surface area contributed by atoms with E-state index in [0.717, 1.165) is 12.2 Å². The fraction of sp³-hybridized carbons (Fsp3) is 0.200. The normalized spacial score (nSPS) is 13.1. The summed E-state index contributed by atoms with van der Waals surface area (Å²) < 4.78 is 5.87. The molecule has 1 aliphatic carbocycles. The van der Waals surface area contributed by atoms with Crippen LogP contribution in [0.1, 0.15) is 23.2 Å². The highest BCUT2D eigenvalue weighted by Gasteiger charge is 2.13. The second kappa shape index (κ2) is 4.97. The van der Waals surface area contributed by atoms with Gasteiger partial charge in [-0.05, 0) is 54.7 Å². The maximum Gasteiger partial charge on any atom is 0.156 e. The van der Waals surface area contributed by atoms with Crippen LogP contribution in [-0.2, 0) is 12.8 Å². The molecule has 0 aliphatic heterocycles. The van der Waals surface area contributed by atoms with Gasteiger partial charge in [-0.1, -0.05) is 18.3 Å². The number of aryl methyl sites for hydroxylation is 2. The van der Waals surface area contributed by atoms with Gasteiger partial charge in [-0.2, -0.15) is 0 Å². The lowest BCUT2D eigenvalue weighted by atomic mass is 10.1. The maximum absolute atomic E-state index is 5.87. The number of nitrogens with zero attached hydrogens (tertiary/aromatic N) is 1. The van der Waals surface area contributed by atoms with E-state index in [0.29, 0.717) is 11.4 Å². The number of nitrogens with two attached hydrogens (primary N) is 1. The molecule has 4 heteroatoms. The number of aromatic nitrogens is 1. The Labute approximate surface area is 117 Å². The van der Waals surface area contributed by atoms with Crippen LogP contribution in [0.25, 0.3) is 0 Å². The largest absolute Gasteiger partial charge is 0.455 e. The van der Waals surface area contributed by atoms with Crippen molar-refractivity contribution < 1.29 is 4.74 Å². The molecule has 0 spiro atoms. The number of hydrogen-bond donors (Lipinski definition) is 1. The minimum Gasteiger partial charge on any atom is -0.455 e. The molecule has 1 aliphatic rings. The van der Waals surface area contributed by atoms with Crippen molar-refractivity contribution in [3.8, 4) is 11.5 Å². The summed E-state index contributed by atoms with van der Waals surface area (Å²) in [5, 5.41) is 0. The van der Waals surface area contributed by atoms with Crippen LogP contribution in [0.15, 0.2) is 36.5 Å². The molecule has 0 radical (unpaired) electrons. The molecule has 1 aromatic heterocycles. The van der Waals surface area contributed by atoms with Crippen LogP contribution >= 0.6 is 12.2 Å². The summed E-state index contributed by atoms with van der Waals surface area (Å²) in [7, 11) is 0. The number of fused-ring (bicyclic) bond motifs is 1. The predicted molar refractivity (Wildman–Crippen MR) is 78.7 cm³/mol. The molecule has 0 unspecified atom stereocenters. The van der Waals surface area contributed by atoms with Crippen LogP contribution in [0.4, 0.5) is 0 Å². The van der Waals surface area contributed by atoms with Crippen molar-refractivity contribution in [2.24, 2.45) is 5.73 Å². The number of pyridine rings is 1. The third kappa shape index (κ3) is 2.44. The first-order valence-corrected chi connectivity index (χ1v) is 6.69. The lowest BCUT2D eigenvalue weighted by Crippen LogP contribution is -2.12. The van der Waals surface area contributed by atoms with E-state index in [1.807, 2.05) is 18.2 Å². The van der Waals surface area contributed by atoms with E-state index in [1.54, 1.807) is 6.20 Å². The Morgan fingerprint density at radius 1 is 1.21 bits per heavy atom. The molecule has 0 fully saturated rings. The molecule has 0 bridgehead atoms. The molecule has 2 aromatic rings. The topological polar surface area (TPSA) is 48.1 Å². The minimum atomic E-state index is 0.247. The third-order valence-corrected chi connectivity index (χ3v) is 3.50. The van der Waals surface area contributed by atoms with Crippen LogP contribution in [0.5, 0.6) is 11.5 Å². The molecule has 0 saturated heterocycles. The van der Waals surface area contributed by atoms with Gasteiger partial charge in [-0.3, -0.25) is 0 Å². The monoisotopic (exact) mass is 270 g/mol. The molecule has 2 N–H and O–H groups in total. The second-order valence-electron chi connectivity index (χ2n) is 4.60. The van der Waals surface area contributed by atoms with Crippen molar-refractivity contribution in [1.29, 1.82) is 0 Å². The molecule has 96 valence electrons. The van der Waals surface area contributed by atoms with Gasteiger partial charge in [0.1, 0.15) is 16.4 Å². The average Bonchev–Trinajstić information content (AvgIpc) is 2.86. The second-order valence-corrected chi connectivity index (χ2v) is 5.04. The summed E-state index contributed by atoms with van der Waals surface area (Å²) >= 11 is 4.98. The summed E-state index contributed by atoms with van der Waals surface area (Å²) in [6.45, 7) is 0. The number of rotatable bonds is 3. The molecule has 0 saturated carbocycles. The zero-order chi connectivity index (χ0) is 13.2. The first kappa shape index (κ1) is 12.1. The van der Waals surface area contributed by atoms with Crippen LogP contribution in [0, 0.1) is 0 Å². The van der Waals surface area contributed by atoms with E-state index in [4.69, 9.17) is 22.7 Å². The van der Waals surface area contributed by atoms with Gasteiger partial charge in [0.2, 0.25) is 0 Å². The van der Waals surface area contributed by atoms with Gasteiger partial charge >= 0.3 is 0 Å². The van der Waals surface area contributed by atoms with Crippen molar-refractivity contribution in [3.63, 3.8) is 0 Å². The van der Waals surface area contributed by atoms with Crippen molar-refractivity contribution in [3.05, 3.63) is 53.3 Å². The number of benzene rings is 1. The molecule has 19 heavy (non-hydrogen) atoms. The van der Waals surface area contributed by atoms with Gasteiger partial charge in [0.15, 0.2) is 5.75 Å². The van der Waals surface area contributed by atoms with E-state index in [-0.39, 0.29) is 4.99 Å². The van der Waals surface area contributed by atoms with Crippen molar-refractivity contribution >= 4 is 17.2 Å². The van der Waals surface area contributed by atoms with E-state index in [2.05, 4.69) is 17.1 Å². The van der Waals surface area contributed by atoms with Gasteiger partial charge in [0, 0.05) is 6.20 Å². The van der Waals surface area contributed by atoms with E-state index < -0.39 is 0 Å².